The molecule has 0 saturated carbocycles. The van der Waals surface area contributed by atoms with Crippen LogP contribution in [0.1, 0.15) is 82.2 Å². The van der Waals surface area contributed by atoms with Crippen LogP contribution in [0, 0.1) is 12.3 Å². The van der Waals surface area contributed by atoms with Crippen LogP contribution in [0.5, 0.6) is 11.6 Å². The number of pyridine rings is 2. The van der Waals surface area contributed by atoms with Crippen molar-refractivity contribution in [1.29, 1.82) is 0 Å². The number of aromatic hydroxyl groups is 1. The quantitative estimate of drug-likeness (QED) is 0.633. The second-order valence-electron chi connectivity index (χ2n) is 9.18. The van der Waals surface area contributed by atoms with Crippen molar-refractivity contribution in [2.24, 2.45) is 5.41 Å². The van der Waals surface area contributed by atoms with Gasteiger partial charge in [-0.05, 0) is 66.2 Å². The number of rotatable bonds is 5. The maximum absolute atomic E-state index is 11.1. The van der Waals surface area contributed by atoms with Gasteiger partial charge in [0, 0.05) is 17.8 Å². The number of allylic oxidation sites excluding steroid dienone is 2. The van der Waals surface area contributed by atoms with Crippen LogP contribution in [0.15, 0.2) is 18.3 Å². The zero-order valence-electron chi connectivity index (χ0n) is 18.9. The summed E-state index contributed by atoms with van der Waals surface area (Å²) in [6.45, 7) is 13.0. The first kappa shape index (κ1) is 21.4. The molecule has 0 fully saturated rings. The van der Waals surface area contributed by atoms with Crippen molar-refractivity contribution < 1.29 is 9.84 Å². The molecular weight excluding hydrogens is 360 g/mol. The highest BCUT2D eigenvalue weighted by molar-refractivity contribution is 5.77. The third-order valence-electron chi connectivity index (χ3n) is 6.17. The molecule has 0 spiro atoms. The first-order valence-electron chi connectivity index (χ1n) is 10.6. The Hall–Kier alpha value is -2.36. The van der Waals surface area contributed by atoms with E-state index in [0.29, 0.717) is 17.0 Å². The zero-order chi connectivity index (χ0) is 21.3. The Kier molecular flexibility index (Phi) is 6.02. The van der Waals surface area contributed by atoms with E-state index in [0.717, 1.165) is 53.6 Å². The molecule has 2 heterocycles. The molecule has 1 aliphatic rings. The van der Waals surface area contributed by atoms with Gasteiger partial charge < -0.3 is 9.84 Å². The molecule has 156 valence electrons. The first-order valence-corrected chi connectivity index (χ1v) is 10.6. The number of methoxy groups -OCH3 is 1. The monoisotopic (exact) mass is 394 g/mol. The molecule has 29 heavy (non-hydrogen) atoms. The van der Waals surface area contributed by atoms with Gasteiger partial charge in [0.2, 0.25) is 5.88 Å². The number of aromatic nitrogens is 2. The summed E-state index contributed by atoms with van der Waals surface area (Å²) in [5.74, 6) is 1.10. The molecule has 2 aromatic heterocycles. The highest BCUT2D eigenvalue weighted by atomic mass is 16.5. The number of nitrogens with zero attached hydrogens (tertiary/aromatic N) is 2. The minimum absolute atomic E-state index is 0.257. The SMILES string of the molecule is CCc1c(C2=CCC(C)(C)CC2)nc(-c2cnc(OC)cc2C(C)C)c(O)c1C. The second kappa shape index (κ2) is 8.17. The lowest BCUT2D eigenvalue weighted by Crippen LogP contribution is -2.15. The van der Waals surface area contributed by atoms with Gasteiger partial charge in [-0.1, -0.05) is 40.7 Å². The van der Waals surface area contributed by atoms with Crippen molar-refractivity contribution in [3.8, 4) is 22.9 Å². The Balaban J connectivity index is 2.22. The Morgan fingerprint density at radius 1 is 1.24 bits per heavy atom. The molecule has 0 aliphatic heterocycles. The number of hydrogen-bond donors (Lipinski definition) is 1. The molecule has 0 amide bonds. The molecule has 4 heteroatoms. The standard InChI is InChI=1S/C25H34N2O2/c1-8-18-16(4)24(28)23(20-14-26-21(29-7)13-19(20)15(2)3)27-22(18)17-9-11-25(5,6)12-10-17/h9,13-15,28H,8,10-12H2,1-7H3. The van der Waals surface area contributed by atoms with Gasteiger partial charge in [-0.15, -0.1) is 0 Å². The lowest BCUT2D eigenvalue weighted by atomic mass is 9.77. The molecule has 0 saturated heterocycles. The van der Waals surface area contributed by atoms with Crippen LogP contribution < -0.4 is 4.74 Å². The van der Waals surface area contributed by atoms with Crippen LogP contribution in [-0.4, -0.2) is 22.2 Å². The summed E-state index contributed by atoms with van der Waals surface area (Å²) < 4.78 is 5.32. The van der Waals surface area contributed by atoms with Gasteiger partial charge in [-0.3, -0.25) is 0 Å². The molecule has 4 nitrogen and oxygen atoms in total. The molecular formula is C25H34N2O2. The van der Waals surface area contributed by atoms with E-state index >= 15 is 0 Å². The van der Waals surface area contributed by atoms with Gasteiger partial charge in [0.1, 0.15) is 11.4 Å². The lowest BCUT2D eigenvalue weighted by Gasteiger charge is -2.29. The Morgan fingerprint density at radius 2 is 1.97 bits per heavy atom. The fourth-order valence-corrected chi connectivity index (χ4v) is 4.15. The summed E-state index contributed by atoms with van der Waals surface area (Å²) in [5, 5.41) is 11.1. The predicted octanol–water partition coefficient (Wildman–Crippen LogP) is 6.45. The lowest BCUT2D eigenvalue weighted by molar-refractivity contribution is 0.334. The van der Waals surface area contributed by atoms with Crippen molar-refractivity contribution in [3.63, 3.8) is 0 Å². The van der Waals surface area contributed by atoms with Crippen molar-refractivity contribution in [1.82, 2.24) is 9.97 Å². The summed E-state index contributed by atoms with van der Waals surface area (Å²) in [4.78, 5) is 9.45. The first-order chi connectivity index (χ1) is 13.7. The third kappa shape index (κ3) is 4.17. The van der Waals surface area contributed by atoms with Crippen LogP contribution in [-0.2, 0) is 6.42 Å². The largest absolute Gasteiger partial charge is 0.505 e. The Labute approximate surface area is 175 Å². The third-order valence-corrected chi connectivity index (χ3v) is 6.17. The molecule has 0 aromatic carbocycles. The van der Waals surface area contributed by atoms with E-state index in [1.807, 2.05) is 13.0 Å². The molecule has 0 radical (unpaired) electrons. The van der Waals surface area contributed by atoms with E-state index in [1.165, 1.54) is 5.57 Å². The highest BCUT2D eigenvalue weighted by Gasteiger charge is 2.26. The maximum atomic E-state index is 11.1. The van der Waals surface area contributed by atoms with E-state index in [9.17, 15) is 5.11 Å². The normalized spacial score (nSPS) is 16.1. The molecule has 0 atom stereocenters. The smallest absolute Gasteiger partial charge is 0.213 e. The maximum Gasteiger partial charge on any atom is 0.213 e. The topological polar surface area (TPSA) is 55.2 Å². The highest BCUT2D eigenvalue weighted by Crippen LogP contribution is 2.43. The van der Waals surface area contributed by atoms with Crippen molar-refractivity contribution in [2.45, 2.75) is 73.1 Å². The summed E-state index contributed by atoms with van der Waals surface area (Å²) in [5.41, 5.74) is 7.33. The molecule has 0 bridgehead atoms. The van der Waals surface area contributed by atoms with Crippen molar-refractivity contribution in [3.05, 3.63) is 40.7 Å². The van der Waals surface area contributed by atoms with Crippen LogP contribution in [0.25, 0.3) is 16.8 Å². The molecule has 3 rings (SSSR count). The number of ether oxygens (including phenoxy) is 1. The summed E-state index contributed by atoms with van der Waals surface area (Å²) in [6, 6.07) is 1.95. The fourth-order valence-electron chi connectivity index (χ4n) is 4.15. The minimum Gasteiger partial charge on any atom is -0.505 e. The average molecular weight is 395 g/mol. The van der Waals surface area contributed by atoms with Crippen LogP contribution >= 0.6 is 0 Å². The van der Waals surface area contributed by atoms with E-state index in [4.69, 9.17) is 9.72 Å². The van der Waals surface area contributed by atoms with Gasteiger partial charge in [-0.25, -0.2) is 9.97 Å². The van der Waals surface area contributed by atoms with E-state index in [1.54, 1.807) is 13.3 Å². The molecule has 2 aromatic rings. The Morgan fingerprint density at radius 3 is 2.52 bits per heavy atom. The van der Waals surface area contributed by atoms with Gasteiger partial charge >= 0.3 is 0 Å². The van der Waals surface area contributed by atoms with Crippen LogP contribution in [0.3, 0.4) is 0 Å². The minimum atomic E-state index is 0.257. The van der Waals surface area contributed by atoms with Crippen molar-refractivity contribution >= 4 is 5.57 Å². The predicted molar refractivity (Wildman–Crippen MR) is 119 cm³/mol. The van der Waals surface area contributed by atoms with Gasteiger partial charge in [0.05, 0.1) is 12.8 Å². The molecule has 1 aliphatic carbocycles. The summed E-state index contributed by atoms with van der Waals surface area (Å²) in [6.07, 6.45) is 8.21. The average Bonchev–Trinajstić information content (AvgIpc) is 2.69. The van der Waals surface area contributed by atoms with Gasteiger partial charge in [0.15, 0.2) is 0 Å². The van der Waals surface area contributed by atoms with Crippen LogP contribution in [0.4, 0.5) is 0 Å². The summed E-state index contributed by atoms with van der Waals surface area (Å²) >= 11 is 0. The fraction of sp³-hybridized carbons (Fsp3) is 0.520. The van der Waals surface area contributed by atoms with E-state index in [-0.39, 0.29) is 11.7 Å². The van der Waals surface area contributed by atoms with Gasteiger partial charge in [-0.2, -0.15) is 0 Å². The summed E-state index contributed by atoms with van der Waals surface area (Å²) in [7, 11) is 1.62. The van der Waals surface area contributed by atoms with Gasteiger partial charge in [0.25, 0.3) is 0 Å². The number of hydrogen-bond acceptors (Lipinski definition) is 4. The zero-order valence-corrected chi connectivity index (χ0v) is 18.9. The van der Waals surface area contributed by atoms with E-state index in [2.05, 4.69) is 45.7 Å². The second-order valence-corrected chi connectivity index (χ2v) is 9.18. The van der Waals surface area contributed by atoms with Crippen LogP contribution in [0.2, 0.25) is 0 Å². The van der Waals surface area contributed by atoms with E-state index < -0.39 is 0 Å². The molecule has 1 N–H and O–H groups in total. The molecule has 0 unspecified atom stereocenters. The Bertz CT molecular complexity index is 942. The van der Waals surface area contributed by atoms with Crippen molar-refractivity contribution in [2.75, 3.05) is 7.11 Å².